The zero-order chi connectivity index (χ0) is 24.2. The number of carbonyl (C=O) groups excluding carboxylic acids is 3. The Hall–Kier alpha value is -1.86. The van der Waals surface area contributed by atoms with Crippen LogP contribution in [-0.2, 0) is 43.4 Å². The van der Waals surface area contributed by atoms with Gasteiger partial charge in [0.2, 0.25) is 0 Å². The van der Waals surface area contributed by atoms with Crippen molar-refractivity contribution >= 4 is 28.0 Å². The van der Waals surface area contributed by atoms with Crippen LogP contribution in [0.1, 0.15) is 38.5 Å². The zero-order valence-electron chi connectivity index (χ0n) is 17.9. The first-order valence-corrected chi connectivity index (χ1v) is 12.9. The van der Waals surface area contributed by atoms with Gasteiger partial charge in [0.1, 0.15) is 24.0 Å². The van der Waals surface area contributed by atoms with Gasteiger partial charge in [-0.2, -0.15) is 17.2 Å². The molecule has 7 fully saturated rings. The van der Waals surface area contributed by atoms with Gasteiger partial charge in [-0.3, -0.25) is 18.9 Å². The molecule has 3 aliphatic heterocycles. The van der Waals surface area contributed by atoms with Crippen LogP contribution in [0.15, 0.2) is 0 Å². The molecule has 34 heavy (non-hydrogen) atoms. The fourth-order valence-electron chi connectivity index (χ4n) is 7.67. The monoisotopic (exact) mass is 506 g/mol. The fourth-order valence-corrected chi connectivity index (χ4v) is 7.88. The van der Waals surface area contributed by atoms with E-state index in [0.717, 1.165) is 38.5 Å². The highest BCUT2D eigenvalue weighted by molar-refractivity contribution is 7.86. The molecule has 0 aromatic rings. The Labute approximate surface area is 193 Å². The Morgan fingerprint density at radius 3 is 2.21 bits per heavy atom. The van der Waals surface area contributed by atoms with Crippen LogP contribution >= 0.6 is 0 Å². The van der Waals surface area contributed by atoms with Gasteiger partial charge in [0.15, 0.2) is 18.8 Å². The molecule has 6 unspecified atom stereocenters. The highest BCUT2D eigenvalue weighted by Crippen LogP contribution is 2.61. The summed E-state index contributed by atoms with van der Waals surface area (Å²) < 4.78 is 78.6. The molecule has 0 amide bonds. The summed E-state index contributed by atoms with van der Waals surface area (Å²) in [5.74, 6) is -3.59. The standard InChI is InChI=1S/C21H24F2O10S/c22-21(23,34(27,28)29)7-30-17(24)11-12-14-15(32-18(12)25)16(13(11)31-14)33-19(26)20-4-8-1-9(5-20)3-10(2-8)6-20/h8-16H,1-7H2,(H,27,28,29). The molecule has 10 nitrogen and oxygen atoms in total. The van der Waals surface area contributed by atoms with Gasteiger partial charge in [0.05, 0.1) is 5.41 Å². The first-order valence-electron chi connectivity index (χ1n) is 11.5. The van der Waals surface area contributed by atoms with Crippen molar-refractivity contribution < 1.29 is 55.1 Å². The van der Waals surface area contributed by atoms with E-state index in [1.807, 2.05) is 0 Å². The van der Waals surface area contributed by atoms with Crippen molar-refractivity contribution in [3.8, 4) is 0 Å². The van der Waals surface area contributed by atoms with Gasteiger partial charge in [-0.1, -0.05) is 0 Å². The van der Waals surface area contributed by atoms with Gasteiger partial charge in [-0.25, -0.2) is 0 Å². The summed E-state index contributed by atoms with van der Waals surface area (Å²) in [6.45, 7) is -1.93. The summed E-state index contributed by atoms with van der Waals surface area (Å²) in [6, 6.07) is 0. The number of esters is 3. The van der Waals surface area contributed by atoms with Gasteiger partial charge in [0.25, 0.3) is 0 Å². The molecule has 0 radical (unpaired) electrons. The lowest BCUT2D eigenvalue weighted by molar-refractivity contribution is -0.186. The van der Waals surface area contributed by atoms with Gasteiger partial charge in [-0.15, -0.1) is 0 Å². The Bertz CT molecular complexity index is 1020. The van der Waals surface area contributed by atoms with E-state index in [1.165, 1.54) is 0 Å². The van der Waals surface area contributed by atoms with Crippen LogP contribution in [0, 0.1) is 35.0 Å². The Morgan fingerprint density at radius 2 is 1.65 bits per heavy atom. The molecular formula is C21H24F2O10S. The van der Waals surface area contributed by atoms with E-state index in [2.05, 4.69) is 4.74 Å². The normalized spacial score (nSPS) is 46.0. The number of hydrogen-bond donors (Lipinski definition) is 1. The van der Waals surface area contributed by atoms with E-state index in [9.17, 15) is 31.6 Å². The summed E-state index contributed by atoms with van der Waals surface area (Å²) in [5, 5.41) is -4.72. The lowest BCUT2D eigenvalue weighted by atomic mass is 9.49. The van der Waals surface area contributed by atoms with E-state index in [-0.39, 0.29) is 0 Å². The number of carbonyl (C=O) groups is 3. The summed E-state index contributed by atoms with van der Waals surface area (Å²) in [6.07, 6.45) is 1.54. The molecule has 4 aliphatic carbocycles. The van der Waals surface area contributed by atoms with Crippen LogP contribution in [0.2, 0.25) is 0 Å². The van der Waals surface area contributed by atoms with Crippen molar-refractivity contribution in [2.45, 2.75) is 68.2 Å². The zero-order valence-corrected chi connectivity index (χ0v) is 18.7. The molecule has 4 saturated carbocycles. The maximum atomic E-state index is 13.5. The maximum Gasteiger partial charge on any atom is 0.402 e. The first kappa shape index (κ1) is 22.6. The van der Waals surface area contributed by atoms with Gasteiger partial charge < -0.3 is 18.9 Å². The average molecular weight is 506 g/mol. The predicted octanol–water partition coefficient (Wildman–Crippen LogP) is 1.08. The number of ether oxygens (including phenoxy) is 4. The van der Waals surface area contributed by atoms with Gasteiger partial charge in [0, 0.05) is 0 Å². The second kappa shape index (κ2) is 7.10. The van der Waals surface area contributed by atoms with Gasteiger partial charge >= 0.3 is 33.3 Å². The summed E-state index contributed by atoms with van der Waals surface area (Å²) in [7, 11) is -5.81. The van der Waals surface area contributed by atoms with E-state index in [4.69, 9.17) is 18.8 Å². The van der Waals surface area contributed by atoms with Crippen LogP contribution in [0.25, 0.3) is 0 Å². The SMILES string of the molecule is O=C1OC2C(OC(=O)C34CC5CC(CC(C5)C3)C4)C3OC2C1C3C(=O)OCC(F)(F)S(=O)(=O)O. The van der Waals surface area contributed by atoms with E-state index in [0.29, 0.717) is 17.8 Å². The quantitative estimate of drug-likeness (QED) is 0.316. The lowest BCUT2D eigenvalue weighted by Crippen LogP contribution is -2.54. The molecule has 7 rings (SSSR count). The largest absolute Gasteiger partial charge is 0.458 e. The molecule has 3 heterocycles. The third-order valence-electron chi connectivity index (χ3n) is 8.65. The molecule has 6 atom stereocenters. The van der Waals surface area contributed by atoms with Crippen LogP contribution in [0.5, 0.6) is 0 Å². The first-order chi connectivity index (χ1) is 15.9. The fraction of sp³-hybridized carbons (Fsp3) is 0.857. The molecule has 0 aromatic heterocycles. The molecule has 188 valence electrons. The third kappa shape index (κ3) is 3.15. The molecule has 3 saturated heterocycles. The number of hydrogen-bond acceptors (Lipinski definition) is 9. The minimum absolute atomic E-state index is 0.405. The molecule has 6 bridgehead atoms. The van der Waals surface area contributed by atoms with Crippen molar-refractivity contribution in [1.29, 1.82) is 0 Å². The Morgan fingerprint density at radius 1 is 1.06 bits per heavy atom. The predicted molar refractivity (Wildman–Crippen MR) is 103 cm³/mol. The Balaban J connectivity index is 1.19. The van der Waals surface area contributed by atoms with Crippen LogP contribution in [-0.4, -0.2) is 67.2 Å². The number of rotatable bonds is 6. The van der Waals surface area contributed by atoms with Crippen molar-refractivity contribution in [2.24, 2.45) is 35.0 Å². The lowest BCUT2D eigenvalue weighted by Gasteiger charge is -2.55. The maximum absolute atomic E-state index is 13.5. The highest BCUT2D eigenvalue weighted by Gasteiger charge is 2.72. The second-order valence-corrected chi connectivity index (χ2v) is 12.4. The third-order valence-corrected chi connectivity index (χ3v) is 9.52. The van der Waals surface area contributed by atoms with Crippen LogP contribution in [0.3, 0.4) is 0 Å². The van der Waals surface area contributed by atoms with Crippen molar-refractivity contribution in [3.63, 3.8) is 0 Å². The molecule has 0 spiro atoms. The Kier molecular flexibility index (Phi) is 4.72. The van der Waals surface area contributed by atoms with Crippen molar-refractivity contribution in [1.82, 2.24) is 0 Å². The second-order valence-electron chi connectivity index (χ2n) is 10.8. The molecular weight excluding hydrogens is 482 g/mol. The van der Waals surface area contributed by atoms with Gasteiger partial charge in [-0.05, 0) is 56.3 Å². The van der Waals surface area contributed by atoms with E-state index < -0.39 is 81.6 Å². The van der Waals surface area contributed by atoms with Crippen molar-refractivity contribution in [3.05, 3.63) is 0 Å². The molecule has 7 aliphatic rings. The smallest absolute Gasteiger partial charge is 0.402 e. The van der Waals surface area contributed by atoms with Crippen LogP contribution < -0.4 is 0 Å². The minimum atomic E-state index is -5.81. The van der Waals surface area contributed by atoms with E-state index in [1.54, 1.807) is 0 Å². The summed E-state index contributed by atoms with van der Waals surface area (Å²) in [5.41, 5.74) is -0.605. The van der Waals surface area contributed by atoms with Crippen LogP contribution in [0.4, 0.5) is 8.78 Å². The van der Waals surface area contributed by atoms with E-state index >= 15 is 0 Å². The number of alkyl halides is 2. The highest BCUT2D eigenvalue weighted by atomic mass is 32.2. The number of halogens is 2. The van der Waals surface area contributed by atoms with Crippen molar-refractivity contribution in [2.75, 3.05) is 6.61 Å². The minimum Gasteiger partial charge on any atom is -0.458 e. The number of fused-ring (bicyclic) bond motifs is 1. The summed E-state index contributed by atoms with van der Waals surface area (Å²) in [4.78, 5) is 38.4. The average Bonchev–Trinajstić information content (AvgIpc) is 3.34. The molecule has 0 aromatic carbocycles. The molecule has 13 heteroatoms. The topological polar surface area (TPSA) is 142 Å². The molecule has 1 N–H and O–H groups in total. The summed E-state index contributed by atoms with van der Waals surface area (Å²) >= 11 is 0.